The number of hydrogen-bond donors (Lipinski definition) is 0. The van der Waals surface area contributed by atoms with Crippen molar-refractivity contribution in [1.29, 1.82) is 0 Å². The van der Waals surface area contributed by atoms with Gasteiger partial charge in [0.25, 0.3) is 0 Å². The number of alkyl halides is 1. The Morgan fingerprint density at radius 1 is 1.20 bits per heavy atom. The van der Waals surface area contributed by atoms with Crippen LogP contribution in [0, 0.1) is 0 Å². The Morgan fingerprint density at radius 2 is 2.10 bits per heavy atom. The summed E-state index contributed by atoms with van der Waals surface area (Å²) in [5.74, 6) is 1.02. The first-order valence-electron chi connectivity index (χ1n) is 6.95. The van der Waals surface area contributed by atoms with Gasteiger partial charge in [-0.05, 0) is 13.0 Å². The lowest BCUT2D eigenvalue weighted by Gasteiger charge is -2.22. The SMILES string of the molecule is Cn1ncc2c(N3CCCN(CCBr)CC3)ncnc21. The number of rotatable bonds is 3. The maximum absolute atomic E-state index is 4.49. The molecule has 2 aromatic rings. The largest absolute Gasteiger partial charge is 0.355 e. The van der Waals surface area contributed by atoms with Crippen LogP contribution in [-0.4, -0.2) is 62.7 Å². The number of aryl methyl sites for hydroxylation is 1. The molecule has 3 heterocycles. The molecule has 0 bridgehead atoms. The number of halogens is 1. The van der Waals surface area contributed by atoms with Crippen LogP contribution in [0.2, 0.25) is 0 Å². The van der Waals surface area contributed by atoms with Gasteiger partial charge in [0, 0.05) is 38.6 Å². The second-order valence-electron chi connectivity index (χ2n) is 5.07. The van der Waals surface area contributed by atoms with Crippen molar-refractivity contribution in [3.8, 4) is 0 Å². The van der Waals surface area contributed by atoms with Gasteiger partial charge < -0.3 is 9.80 Å². The predicted octanol–water partition coefficient (Wildman–Crippen LogP) is 1.27. The summed E-state index contributed by atoms with van der Waals surface area (Å²) in [5, 5.41) is 6.37. The van der Waals surface area contributed by atoms with Gasteiger partial charge in [-0.1, -0.05) is 15.9 Å². The van der Waals surface area contributed by atoms with Gasteiger partial charge >= 0.3 is 0 Å². The van der Waals surface area contributed by atoms with Crippen LogP contribution in [0.5, 0.6) is 0 Å². The summed E-state index contributed by atoms with van der Waals surface area (Å²) in [5.41, 5.74) is 0.900. The van der Waals surface area contributed by atoms with Crippen LogP contribution in [0.15, 0.2) is 12.5 Å². The number of anilines is 1. The van der Waals surface area contributed by atoms with Gasteiger partial charge in [0.15, 0.2) is 5.65 Å². The highest BCUT2D eigenvalue weighted by molar-refractivity contribution is 9.09. The Labute approximate surface area is 126 Å². The molecule has 1 saturated heterocycles. The van der Waals surface area contributed by atoms with Crippen molar-refractivity contribution < 1.29 is 0 Å². The lowest BCUT2D eigenvalue weighted by atomic mass is 10.3. The first-order valence-corrected chi connectivity index (χ1v) is 8.07. The molecular weight excluding hydrogens is 320 g/mol. The summed E-state index contributed by atoms with van der Waals surface area (Å²) >= 11 is 3.52. The van der Waals surface area contributed by atoms with Crippen LogP contribution in [0.3, 0.4) is 0 Å². The van der Waals surface area contributed by atoms with E-state index in [4.69, 9.17) is 0 Å². The second kappa shape index (κ2) is 6.05. The summed E-state index contributed by atoms with van der Waals surface area (Å²) in [6.07, 6.45) is 4.67. The topological polar surface area (TPSA) is 50.1 Å². The van der Waals surface area contributed by atoms with Crippen LogP contribution in [-0.2, 0) is 7.05 Å². The van der Waals surface area contributed by atoms with Gasteiger partial charge in [-0.15, -0.1) is 0 Å². The highest BCUT2D eigenvalue weighted by Gasteiger charge is 2.18. The predicted molar refractivity (Wildman–Crippen MR) is 83.4 cm³/mol. The third kappa shape index (κ3) is 2.64. The lowest BCUT2D eigenvalue weighted by molar-refractivity contribution is 0.313. The van der Waals surface area contributed by atoms with Crippen LogP contribution < -0.4 is 4.90 Å². The van der Waals surface area contributed by atoms with Gasteiger partial charge in [-0.25, -0.2) is 9.97 Å². The summed E-state index contributed by atoms with van der Waals surface area (Å²) in [6, 6.07) is 0. The van der Waals surface area contributed by atoms with Crippen molar-refractivity contribution in [1.82, 2.24) is 24.6 Å². The van der Waals surface area contributed by atoms with E-state index >= 15 is 0 Å². The quantitative estimate of drug-likeness (QED) is 0.789. The molecular formula is C13H19BrN6. The number of aromatic nitrogens is 4. The molecule has 108 valence electrons. The zero-order chi connectivity index (χ0) is 13.9. The van der Waals surface area contributed by atoms with Crippen molar-refractivity contribution in [2.24, 2.45) is 7.05 Å². The Kier molecular flexibility index (Phi) is 4.16. The van der Waals surface area contributed by atoms with E-state index in [1.165, 1.54) is 6.42 Å². The summed E-state index contributed by atoms with van der Waals surface area (Å²) < 4.78 is 1.80. The number of nitrogens with zero attached hydrogens (tertiary/aromatic N) is 6. The fourth-order valence-electron chi connectivity index (χ4n) is 2.73. The van der Waals surface area contributed by atoms with E-state index in [2.05, 4.69) is 40.8 Å². The minimum absolute atomic E-state index is 0.900. The van der Waals surface area contributed by atoms with Gasteiger partial charge in [0.2, 0.25) is 0 Å². The van der Waals surface area contributed by atoms with Crippen LogP contribution >= 0.6 is 15.9 Å². The number of hydrogen-bond acceptors (Lipinski definition) is 5. The minimum Gasteiger partial charge on any atom is -0.355 e. The smallest absolute Gasteiger partial charge is 0.163 e. The normalized spacial score (nSPS) is 17.6. The Hall–Kier alpha value is -1.21. The van der Waals surface area contributed by atoms with Crippen molar-refractivity contribution in [2.45, 2.75) is 6.42 Å². The third-order valence-electron chi connectivity index (χ3n) is 3.80. The molecule has 0 aromatic carbocycles. The fourth-order valence-corrected chi connectivity index (χ4v) is 3.23. The summed E-state index contributed by atoms with van der Waals surface area (Å²) in [7, 11) is 1.92. The maximum atomic E-state index is 4.49. The van der Waals surface area contributed by atoms with E-state index in [9.17, 15) is 0 Å². The molecule has 6 nitrogen and oxygen atoms in total. The molecule has 0 unspecified atom stereocenters. The molecule has 20 heavy (non-hydrogen) atoms. The van der Waals surface area contributed by atoms with Gasteiger partial charge in [-0.3, -0.25) is 4.68 Å². The van der Waals surface area contributed by atoms with Crippen LogP contribution in [0.4, 0.5) is 5.82 Å². The average Bonchev–Trinajstić information content (AvgIpc) is 2.70. The van der Waals surface area contributed by atoms with Gasteiger partial charge in [0.1, 0.15) is 12.1 Å². The van der Waals surface area contributed by atoms with E-state index in [1.54, 1.807) is 11.0 Å². The van der Waals surface area contributed by atoms with E-state index < -0.39 is 0 Å². The molecule has 1 aliphatic heterocycles. The Balaban J connectivity index is 1.84. The summed E-state index contributed by atoms with van der Waals surface area (Å²) in [6.45, 7) is 5.40. The lowest BCUT2D eigenvalue weighted by Crippen LogP contribution is -2.32. The van der Waals surface area contributed by atoms with Gasteiger partial charge in [-0.2, -0.15) is 5.10 Å². The molecule has 0 atom stereocenters. The van der Waals surface area contributed by atoms with Crippen molar-refractivity contribution in [3.05, 3.63) is 12.5 Å². The van der Waals surface area contributed by atoms with Crippen molar-refractivity contribution in [2.75, 3.05) is 43.0 Å². The molecule has 1 aliphatic rings. The van der Waals surface area contributed by atoms with E-state index in [-0.39, 0.29) is 0 Å². The molecule has 7 heteroatoms. The van der Waals surface area contributed by atoms with Crippen molar-refractivity contribution >= 4 is 32.8 Å². The molecule has 0 saturated carbocycles. The van der Waals surface area contributed by atoms with E-state index in [0.717, 1.165) is 54.9 Å². The van der Waals surface area contributed by atoms with Crippen LogP contribution in [0.1, 0.15) is 6.42 Å². The molecule has 2 aromatic heterocycles. The molecule has 0 amide bonds. The molecule has 0 radical (unpaired) electrons. The molecule has 0 aliphatic carbocycles. The average molecular weight is 339 g/mol. The second-order valence-corrected chi connectivity index (χ2v) is 5.87. The standard InChI is InChI=1S/C13H19BrN6/c1-18-12-11(9-17-18)13(16-10-15-12)20-5-2-4-19(6-3-14)7-8-20/h9-10H,2-8H2,1H3. The van der Waals surface area contributed by atoms with Crippen LogP contribution in [0.25, 0.3) is 11.0 Å². The zero-order valence-corrected chi connectivity index (χ0v) is 13.3. The van der Waals surface area contributed by atoms with Gasteiger partial charge in [0.05, 0.1) is 11.6 Å². The monoisotopic (exact) mass is 338 g/mol. The summed E-state index contributed by atoms with van der Waals surface area (Å²) in [4.78, 5) is 13.7. The highest BCUT2D eigenvalue weighted by Crippen LogP contribution is 2.23. The Bertz CT molecular complexity index is 583. The number of fused-ring (bicyclic) bond motifs is 1. The maximum Gasteiger partial charge on any atom is 0.163 e. The first-order chi connectivity index (χ1) is 9.79. The molecule has 3 rings (SSSR count). The van der Waals surface area contributed by atoms with E-state index in [1.807, 2.05) is 13.2 Å². The molecule has 0 spiro atoms. The molecule has 1 fully saturated rings. The molecule has 0 N–H and O–H groups in total. The minimum atomic E-state index is 0.900. The Morgan fingerprint density at radius 3 is 2.95 bits per heavy atom. The third-order valence-corrected chi connectivity index (χ3v) is 4.15. The fraction of sp³-hybridized carbons (Fsp3) is 0.615. The van der Waals surface area contributed by atoms with E-state index in [0.29, 0.717) is 0 Å². The zero-order valence-electron chi connectivity index (χ0n) is 11.7. The highest BCUT2D eigenvalue weighted by atomic mass is 79.9. The van der Waals surface area contributed by atoms with Crippen molar-refractivity contribution in [3.63, 3.8) is 0 Å². The first kappa shape index (κ1) is 13.8.